The van der Waals surface area contributed by atoms with E-state index in [0.29, 0.717) is 11.8 Å². The molecule has 0 bridgehead atoms. The normalized spacial score (nSPS) is 25.1. The Balaban J connectivity index is 1.84. The van der Waals surface area contributed by atoms with Gasteiger partial charge in [-0.1, -0.05) is 43.2 Å². The molecule has 1 heterocycles. The van der Waals surface area contributed by atoms with Crippen LogP contribution in [0.2, 0.25) is 0 Å². The second-order valence-corrected chi connectivity index (χ2v) is 6.80. The second-order valence-electron chi connectivity index (χ2n) is 6.80. The number of carbonyl (C=O) groups is 1. The molecule has 1 amide bonds. The Morgan fingerprint density at radius 2 is 1.90 bits per heavy atom. The molecule has 1 aromatic carbocycles. The lowest BCUT2D eigenvalue weighted by atomic mass is 9.63. The highest BCUT2D eigenvalue weighted by molar-refractivity contribution is 5.89. The zero-order valence-corrected chi connectivity index (χ0v) is 12.7. The van der Waals surface area contributed by atoms with Gasteiger partial charge in [-0.3, -0.25) is 4.79 Å². The van der Waals surface area contributed by atoms with Crippen molar-refractivity contribution in [3.63, 3.8) is 0 Å². The van der Waals surface area contributed by atoms with Crippen molar-refractivity contribution in [2.75, 3.05) is 13.1 Å². The van der Waals surface area contributed by atoms with Crippen molar-refractivity contribution in [1.29, 1.82) is 0 Å². The number of benzene rings is 1. The van der Waals surface area contributed by atoms with Crippen LogP contribution in [0.15, 0.2) is 24.3 Å². The number of piperidine rings is 1. The summed E-state index contributed by atoms with van der Waals surface area (Å²) in [4.78, 5) is 15.2. The van der Waals surface area contributed by atoms with Crippen LogP contribution in [0.4, 0.5) is 0 Å². The Kier molecular flexibility index (Phi) is 3.57. The quantitative estimate of drug-likeness (QED) is 0.803. The highest BCUT2D eigenvalue weighted by Gasteiger charge is 2.47. The van der Waals surface area contributed by atoms with E-state index in [4.69, 9.17) is 0 Å². The largest absolute Gasteiger partial charge is 0.342 e. The van der Waals surface area contributed by atoms with E-state index in [2.05, 4.69) is 43.0 Å². The molecule has 1 atom stereocenters. The fourth-order valence-electron chi connectivity index (χ4n) is 3.71. The van der Waals surface area contributed by atoms with Crippen LogP contribution in [-0.4, -0.2) is 23.9 Å². The smallest absolute Gasteiger partial charge is 0.233 e. The van der Waals surface area contributed by atoms with Crippen molar-refractivity contribution in [3.8, 4) is 0 Å². The van der Waals surface area contributed by atoms with Gasteiger partial charge in [-0.05, 0) is 44.1 Å². The van der Waals surface area contributed by atoms with Crippen LogP contribution in [0.25, 0.3) is 0 Å². The van der Waals surface area contributed by atoms with Crippen molar-refractivity contribution in [1.82, 2.24) is 4.90 Å². The summed E-state index contributed by atoms with van der Waals surface area (Å²) in [5.74, 6) is 1.04. The summed E-state index contributed by atoms with van der Waals surface area (Å²) in [5.41, 5.74) is 2.30. The summed E-state index contributed by atoms with van der Waals surface area (Å²) < 4.78 is 0. The van der Waals surface area contributed by atoms with Crippen molar-refractivity contribution in [2.45, 2.75) is 51.4 Å². The minimum Gasteiger partial charge on any atom is -0.342 e. The van der Waals surface area contributed by atoms with Gasteiger partial charge in [-0.15, -0.1) is 0 Å². The minimum atomic E-state index is -0.204. The van der Waals surface area contributed by atoms with E-state index in [-0.39, 0.29) is 5.41 Å². The average Bonchev–Trinajstić information content (AvgIpc) is 2.39. The molecular formula is C18H25NO. The number of likely N-dealkylation sites (tertiary alicyclic amines) is 1. The van der Waals surface area contributed by atoms with Gasteiger partial charge in [0.25, 0.3) is 0 Å². The molecule has 2 aliphatic rings. The summed E-state index contributed by atoms with van der Waals surface area (Å²) in [6.45, 7) is 6.27. The highest BCUT2D eigenvalue weighted by atomic mass is 16.2. The van der Waals surface area contributed by atoms with Gasteiger partial charge in [0, 0.05) is 13.1 Å². The molecule has 2 nitrogen and oxygen atoms in total. The van der Waals surface area contributed by atoms with Gasteiger partial charge in [-0.25, -0.2) is 0 Å². The molecule has 0 aromatic heterocycles. The molecule has 1 aromatic rings. The summed E-state index contributed by atoms with van der Waals surface area (Å²) in [6.07, 6.45) is 5.67. The third-order valence-electron chi connectivity index (χ3n) is 5.16. The van der Waals surface area contributed by atoms with Crippen molar-refractivity contribution in [3.05, 3.63) is 35.4 Å². The van der Waals surface area contributed by atoms with E-state index >= 15 is 0 Å². The molecular weight excluding hydrogens is 246 g/mol. The Hall–Kier alpha value is -1.31. The topological polar surface area (TPSA) is 20.3 Å². The van der Waals surface area contributed by atoms with Gasteiger partial charge in [-0.2, -0.15) is 0 Å². The van der Waals surface area contributed by atoms with Gasteiger partial charge in [0.15, 0.2) is 0 Å². The molecule has 108 valence electrons. The molecule has 1 unspecified atom stereocenters. The lowest BCUT2D eigenvalue weighted by molar-refractivity contribution is -0.142. The summed E-state index contributed by atoms with van der Waals surface area (Å²) in [5, 5.41) is 0. The van der Waals surface area contributed by atoms with Crippen LogP contribution in [-0.2, 0) is 10.2 Å². The van der Waals surface area contributed by atoms with E-state index in [1.165, 1.54) is 24.0 Å². The third-order valence-corrected chi connectivity index (χ3v) is 5.16. The van der Waals surface area contributed by atoms with Crippen molar-refractivity contribution >= 4 is 5.91 Å². The molecule has 1 aliphatic carbocycles. The van der Waals surface area contributed by atoms with Crippen LogP contribution in [0.1, 0.15) is 50.2 Å². The standard InChI is InChI=1S/C18H25NO/c1-14-6-8-16(9-7-14)18(10-4-11-18)17(20)19-12-3-5-15(2)13-19/h6-9,15H,3-5,10-13H2,1-2H3. The third kappa shape index (κ3) is 2.25. The maximum absolute atomic E-state index is 13.1. The first-order valence-corrected chi connectivity index (χ1v) is 7.98. The first-order chi connectivity index (χ1) is 9.62. The molecule has 20 heavy (non-hydrogen) atoms. The van der Waals surface area contributed by atoms with E-state index in [1.807, 2.05) is 0 Å². The fraction of sp³-hybridized carbons (Fsp3) is 0.611. The average molecular weight is 271 g/mol. The van der Waals surface area contributed by atoms with Gasteiger partial charge in [0.2, 0.25) is 5.91 Å². The SMILES string of the molecule is Cc1ccc(C2(C(=O)N3CCCC(C)C3)CCC2)cc1. The zero-order chi connectivity index (χ0) is 14.2. The van der Waals surface area contributed by atoms with Crippen LogP contribution in [0.5, 0.6) is 0 Å². The monoisotopic (exact) mass is 271 g/mol. The maximum atomic E-state index is 13.1. The lowest BCUT2D eigenvalue weighted by Crippen LogP contribution is -2.53. The molecule has 0 spiro atoms. The summed E-state index contributed by atoms with van der Waals surface area (Å²) >= 11 is 0. The molecule has 2 fully saturated rings. The molecule has 0 radical (unpaired) electrons. The molecule has 2 heteroatoms. The first kappa shape index (κ1) is 13.7. The van der Waals surface area contributed by atoms with E-state index in [1.54, 1.807) is 0 Å². The zero-order valence-electron chi connectivity index (χ0n) is 12.7. The van der Waals surface area contributed by atoms with Gasteiger partial charge < -0.3 is 4.90 Å². The van der Waals surface area contributed by atoms with Crippen LogP contribution < -0.4 is 0 Å². The predicted octanol–water partition coefficient (Wildman–Crippen LogP) is 3.68. The van der Waals surface area contributed by atoms with Gasteiger partial charge in [0.05, 0.1) is 5.41 Å². The van der Waals surface area contributed by atoms with E-state index < -0.39 is 0 Å². The Morgan fingerprint density at radius 1 is 1.20 bits per heavy atom. The van der Waals surface area contributed by atoms with Crippen LogP contribution in [0.3, 0.4) is 0 Å². The number of carbonyl (C=O) groups excluding carboxylic acids is 1. The Bertz CT molecular complexity index is 487. The number of hydrogen-bond donors (Lipinski definition) is 0. The molecule has 3 rings (SSSR count). The maximum Gasteiger partial charge on any atom is 0.233 e. The minimum absolute atomic E-state index is 0.204. The fourth-order valence-corrected chi connectivity index (χ4v) is 3.71. The van der Waals surface area contributed by atoms with Gasteiger partial charge in [0.1, 0.15) is 0 Å². The molecule has 1 aliphatic heterocycles. The highest BCUT2D eigenvalue weighted by Crippen LogP contribution is 2.45. The van der Waals surface area contributed by atoms with E-state index in [9.17, 15) is 4.79 Å². The number of nitrogens with zero attached hydrogens (tertiary/aromatic N) is 1. The molecule has 1 saturated carbocycles. The molecule has 1 saturated heterocycles. The number of aryl methyl sites for hydroxylation is 1. The lowest BCUT2D eigenvalue weighted by Gasteiger charge is -2.45. The molecule has 0 N–H and O–H groups in total. The van der Waals surface area contributed by atoms with E-state index in [0.717, 1.165) is 32.4 Å². The van der Waals surface area contributed by atoms with Crippen LogP contribution >= 0.6 is 0 Å². The Morgan fingerprint density at radius 3 is 2.45 bits per heavy atom. The first-order valence-electron chi connectivity index (χ1n) is 7.98. The summed E-state index contributed by atoms with van der Waals surface area (Å²) in [6, 6.07) is 8.61. The second kappa shape index (κ2) is 5.23. The Labute approximate surface area is 122 Å². The predicted molar refractivity (Wildman–Crippen MR) is 81.7 cm³/mol. The van der Waals surface area contributed by atoms with Crippen molar-refractivity contribution < 1.29 is 4.79 Å². The van der Waals surface area contributed by atoms with Gasteiger partial charge >= 0.3 is 0 Å². The summed E-state index contributed by atoms with van der Waals surface area (Å²) in [7, 11) is 0. The number of amides is 1. The van der Waals surface area contributed by atoms with Crippen molar-refractivity contribution in [2.24, 2.45) is 5.92 Å². The van der Waals surface area contributed by atoms with Crippen LogP contribution in [0, 0.1) is 12.8 Å². The number of rotatable bonds is 2. The number of hydrogen-bond acceptors (Lipinski definition) is 1.